The largest absolute Gasteiger partial charge is 0.442 e. The SMILES string of the molecule is CC(C)c1oc(C2CCCN2C(=O)[C@@H](C)N)nc1-c1ccccc1.Cl.Cl. The number of amides is 1. The van der Waals surface area contributed by atoms with Crippen molar-refractivity contribution in [1.29, 1.82) is 0 Å². The van der Waals surface area contributed by atoms with Crippen LogP contribution in [0.5, 0.6) is 0 Å². The standard InChI is InChI=1S/C19H25N3O2.2ClH/c1-12(2)17-16(14-8-5-4-6-9-14)21-18(24-17)15-10-7-11-22(15)19(23)13(3)20;;/h4-6,8-9,12-13,15H,7,10-11,20H2,1-3H3;2*1H/t13-,15?;;/m1../s1. The van der Waals surface area contributed by atoms with Crippen molar-refractivity contribution in [3.05, 3.63) is 42.0 Å². The van der Waals surface area contributed by atoms with Gasteiger partial charge in [0.05, 0.1) is 6.04 Å². The maximum atomic E-state index is 12.4. The van der Waals surface area contributed by atoms with Gasteiger partial charge in [0.2, 0.25) is 11.8 Å². The van der Waals surface area contributed by atoms with E-state index in [1.807, 2.05) is 35.2 Å². The van der Waals surface area contributed by atoms with Crippen molar-refractivity contribution in [3.63, 3.8) is 0 Å². The summed E-state index contributed by atoms with van der Waals surface area (Å²) in [4.78, 5) is 18.9. The van der Waals surface area contributed by atoms with Crippen molar-refractivity contribution in [3.8, 4) is 11.3 Å². The first-order valence-corrected chi connectivity index (χ1v) is 8.61. The maximum absolute atomic E-state index is 12.4. The molecule has 144 valence electrons. The van der Waals surface area contributed by atoms with E-state index in [4.69, 9.17) is 15.1 Å². The lowest BCUT2D eigenvalue weighted by Crippen LogP contribution is -2.41. The van der Waals surface area contributed by atoms with Gasteiger partial charge in [0.1, 0.15) is 17.5 Å². The van der Waals surface area contributed by atoms with Crippen molar-refractivity contribution < 1.29 is 9.21 Å². The third-order valence-corrected chi connectivity index (χ3v) is 4.45. The van der Waals surface area contributed by atoms with Crippen molar-refractivity contribution in [2.24, 2.45) is 5.73 Å². The minimum absolute atomic E-state index is 0. The molecule has 1 aromatic carbocycles. The molecule has 1 amide bonds. The number of hydrogen-bond acceptors (Lipinski definition) is 4. The second-order valence-electron chi connectivity index (χ2n) is 6.76. The summed E-state index contributed by atoms with van der Waals surface area (Å²) in [6.07, 6.45) is 1.81. The van der Waals surface area contributed by atoms with Crippen LogP contribution < -0.4 is 5.73 Å². The summed E-state index contributed by atoms with van der Waals surface area (Å²) in [5, 5.41) is 0. The van der Waals surface area contributed by atoms with Crippen LogP contribution in [-0.2, 0) is 4.79 Å². The molecular weight excluding hydrogens is 373 g/mol. The zero-order valence-electron chi connectivity index (χ0n) is 15.3. The van der Waals surface area contributed by atoms with Crippen molar-refractivity contribution in [1.82, 2.24) is 9.88 Å². The van der Waals surface area contributed by atoms with Crippen LogP contribution in [0.4, 0.5) is 0 Å². The molecule has 1 aromatic heterocycles. The van der Waals surface area contributed by atoms with Crippen molar-refractivity contribution in [2.45, 2.75) is 51.6 Å². The van der Waals surface area contributed by atoms with Gasteiger partial charge in [-0.25, -0.2) is 4.98 Å². The summed E-state index contributed by atoms with van der Waals surface area (Å²) in [7, 11) is 0. The Hall–Kier alpha value is -1.56. The second-order valence-corrected chi connectivity index (χ2v) is 6.76. The summed E-state index contributed by atoms with van der Waals surface area (Å²) in [5.74, 6) is 1.68. The number of carbonyl (C=O) groups excluding carboxylic acids is 1. The van der Waals surface area contributed by atoms with Crippen LogP contribution in [0.1, 0.15) is 57.2 Å². The van der Waals surface area contributed by atoms with E-state index < -0.39 is 6.04 Å². The molecule has 7 heteroatoms. The summed E-state index contributed by atoms with van der Waals surface area (Å²) >= 11 is 0. The fourth-order valence-electron chi connectivity index (χ4n) is 3.23. The Morgan fingerprint density at radius 2 is 1.88 bits per heavy atom. The Balaban J connectivity index is 0.00000169. The Kier molecular flexibility index (Phi) is 8.13. The van der Waals surface area contributed by atoms with Gasteiger partial charge in [-0.1, -0.05) is 44.2 Å². The highest BCUT2D eigenvalue weighted by atomic mass is 35.5. The average Bonchev–Trinajstić information content (AvgIpc) is 3.21. The molecule has 2 atom stereocenters. The maximum Gasteiger partial charge on any atom is 0.239 e. The molecule has 1 aliphatic rings. The molecule has 2 heterocycles. The first-order valence-electron chi connectivity index (χ1n) is 8.61. The van der Waals surface area contributed by atoms with Gasteiger partial charge in [0.15, 0.2) is 0 Å². The molecular formula is C19H27Cl2N3O2. The van der Waals surface area contributed by atoms with Crippen LogP contribution >= 0.6 is 24.8 Å². The number of halogens is 2. The number of benzene rings is 1. The molecule has 1 saturated heterocycles. The molecule has 2 N–H and O–H groups in total. The normalized spacial score (nSPS) is 17.6. The van der Waals surface area contributed by atoms with Crippen LogP contribution in [0.15, 0.2) is 34.7 Å². The fraction of sp³-hybridized carbons (Fsp3) is 0.474. The van der Waals surface area contributed by atoms with Gasteiger partial charge in [0, 0.05) is 18.0 Å². The van der Waals surface area contributed by atoms with Gasteiger partial charge in [-0.15, -0.1) is 24.8 Å². The number of oxazole rings is 1. The predicted molar refractivity (Wildman–Crippen MR) is 108 cm³/mol. The van der Waals surface area contributed by atoms with Crippen LogP contribution in [0, 0.1) is 0 Å². The number of carbonyl (C=O) groups is 1. The Morgan fingerprint density at radius 1 is 1.23 bits per heavy atom. The topological polar surface area (TPSA) is 72.4 Å². The predicted octanol–water partition coefficient (Wildman–Crippen LogP) is 4.32. The van der Waals surface area contributed by atoms with E-state index in [0.29, 0.717) is 12.4 Å². The van der Waals surface area contributed by atoms with Gasteiger partial charge in [-0.3, -0.25) is 4.79 Å². The number of likely N-dealkylation sites (tertiary alicyclic amines) is 1. The number of nitrogens with two attached hydrogens (primary N) is 1. The Labute approximate surface area is 167 Å². The molecule has 1 unspecified atom stereocenters. The van der Waals surface area contributed by atoms with Crippen LogP contribution in [0.3, 0.4) is 0 Å². The van der Waals surface area contributed by atoms with E-state index in [2.05, 4.69) is 13.8 Å². The van der Waals surface area contributed by atoms with Gasteiger partial charge >= 0.3 is 0 Å². The lowest BCUT2D eigenvalue weighted by molar-refractivity contribution is -0.133. The van der Waals surface area contributed by atoms with E-state index in [1.54, 1.807) is 6.92 Å². The fourth-order valence-corrected chi connectivity index (χ4v) is 3.23. The molecule has 5 nitrogen and oxygen atoms in total. The van der Waals surface area contributed by atoms with Gasteiger partial charge in [-0.05, 0) is 19.8 Å². The second kappa shape index (κ2) is 9.40. The highest BCUT2D eigenvalue weighted by Crippen LogP contribution is 2.37. The Morgan fingerprint density at radius 3 is 2.46 bits per heavy atom. The van der Waals surface area contributed by atoms with Crippen LogP contribution in [0.2, 0.25) is 0 Å². The van der Waals surface area contributed by atoms with E-state index in [9.17, 15) is 4.79 Å². The van der Waals surface area contributed by atoms with Gasteiger partial charge in [-0.2, -0.15) is 0 Å². The minimum atomic E-state index is -0.501. The molecule has 0 aliphatic carbocycles. The smallest absolute Gasteiger partial charge is 0.239 e. The summed E-state index contributed by atoms with van der Waals surface area (Å²) < 4.78 is 6.13. The monoisotopic (exact) mass is 399 g/mol. The van der Waals surface area contributed by atoms with Crippen LogP contribution in [0.25, 0.3) is 11.3 Å². The molecule has 26 heavy (non-hydrogen) atoms. The number of nitrogens with zero attached hydrogens (tertiary/aromatic N) is 2. The summed E-state index contributed by atoms with van der Waals surface area (Å²) in [6, 6.07) is 9.43. The minimum Gasteiger partial charge on any atom is -0.442 e. The van der Waals surface area contributed by atoms with Crippen molar-refractivity contribution in [2.75, 3.05) is 6.54 Å². The lowest BCUT2D eigenvalue weighted by atomic mass is 10.0. The van der Waals surface area contributed by atoms with E-state index in [-0.39, 0.29) is 42.7 Å². The third-order valence-electron chi connectivity index (χ3n) is 4.45. The van der Waals surface area contributed by atoms with Crippen molar-refractivity contribution >= 4 is 30.7 Å². The first kappa shape index (κ1) is 22.5. The molecule has 1 fully saturated rings. The van der Waals surface area contributed by atoms with Gasteiger partial charge in [0.25, 0.3) is 0 Å². The number of rotatable bonds is 4. The Bertz CT molecular complexity index is 717. The number of aromatic nitrogens is 1. The highest BCUT2D eigenvalue weighted by Gasteiger charge is 2.35. The molecule has 0 radical (unpaired) electrons. The van der Waals surface area contributed by atoms with Gasteiger partial charge < -0.3 is 15.1 Å². The molecule has 0 spiro atoms. The zero-order valence-corrected chi connectivity index (χ0v) is 17.0. The average molecular weight is 400 g/mol. The van der Waals surface area contributed by atoms with E-state index in [1.165, 1.54) is 0 Å². The molecule has 3 rings (SSSR count). The summed E-state index contributed by atoms with van der Waals surface area (Å²) in [6.45, 7) is 6.62. The van der Waals surface area contributed by atoms with E-state index in [0.717, 1.165) is 29.9 Å². The lowest BCUT2D eigenvalue weighted by Gasteiger charge is -2.24. The molecule has 1 aliphatic heterocycles. The molecule has 2 aromatic rings. The summed E-state index contributed by atoms with van der Waals surface area (Å²) in [5.41, 5.74) is 7.70. The molecule has 0 bridgehead atoms. The highest BCUT2D eigenvalue weighted by molar-refractivity contribution is 5.85. The van der Waals surface area contributed by atoms with E-state index >= 15 is 0 Å². The first-order chi connectivity index (χ1) is 11.5. The van der Waals surface area contributed by atoms with Crippen LogP contribution in [-0.4, -0.2) is 28.4 Å². The quantitative estimate of drug-likeness (QED) is 0.830. The number of hydrogen-bond donors (Lipinski definition) is 1. The third kappa shape index (κ3) is 4.40. The molecule has 0 saturated carbocycles. The zero-order chi connectivity index (χ0) is 17.3.